The number of anilines is 1. The van der Waals surface area contributed by atoms with Gasteiger partial charge in [0.1, 0.15) is 11.4 Å². The van der Waals surface area contributed by atoms with Gasteiger partial charge in [0.25, 0.3) is 11.8 Å². The molecule has 2 N–H and O–H groups in total. The van der Waals surface area contributed by atoms with E-state index in [2.05, 4.69) is 10.3 Å². The van der Waals surface area contributed by atoms with Crippen molar-refractivity contribution in [2.75, 3.05) is 25.5 Å². The minimum absolute atomic E-state index is 0.118. The minimum Gasteiger partial charge on any atom is -0.497 e. The highest BCUT2D eigenvalue weighted by Crippen LogP contribution is 2.19. The van der Waals surface area contributed by atoms with Crippen LogP contribution in [0.3, 0.4) is 0 Å². The smallest absolute Gasteiger partial charge is 0.305 e. The fraction of sp³-hybridized carbons (Fsp3) is 0.333. The number of carbonyl (C=O) groups is 3. The SMILES string of the molecule is CCCN(CCC(=O)O)C(=O)c1csc(NC(=O)c2ccc(OC)cc2)n1. The number of hydrogen-bond acceptors (Lipinski definition) is 6. The van der Waals surface area contributed by atoms with Crippen LogP contribution in [0, 0.1) is 0 Å². The number of carboxylic acids is 1. The van der Waals surface area contributed by atoms with E-state index in [-0.39, 0.29) is 30.5 Å². The summed E-state index contributed by atoms with van der Waals surface area (Å²) >= 11 is 1.14. The first-order valence-corrected chi connectivity index (χ1v) is 9.24. The molecule has 0 atom stereocenters. The van der Waals surface area contributed by atoms with Crippen LogP contribution in [0.1, 0.15) is 40.6 Å². The molecule has 2 aromatic rings. The highest BCUT2D eigenvalue weighted by atomic mass is 32.1. The summed E-state index contributed by atoms with van der Waals surface area (Å²) in [5, 5.41) is 13.3. The summed E-state index contributed by atoms with van der Waals surface area (Å²) in [6, 6.07) is 6.61. The Morgan fingerprint density at radius 1 is 1.22 bits per heavy atom. The van der Waals surface area contributed by atoms with Crippen molar-refractivity contribution in [2.24, 2.45) is 0 Å². The number of nitrogens with zero attached hydrogens (tertiary/aromatic N) is 2. The number of carboxylic acid groups (broad SMARTS) is 1. The Labute approximate surface area is 160 Å². The Balaban J connectivity index is 2.04. The first-order chi connectivity index (χ1) is 12.9. The molecule has 0 unspecified atom stereocenters. The van der Waals surface area contributed by atoms with E-state index < -0.39 is 5.97 Å². The maximum Gasteiger partial charge on any atom is 0.305 e. The average Bonchev–Trinajstić information content (AvgIpc) is 3.13. The van der Waals surface area contributed by atoms with Gasteiger partial charge in [-0.1, -0.05) is 6.92 Å². The second-order valence-corrected chi connectivity index (χ2v) is 6.51. The topological polar surface area (TPSA) is 109 Å². The van der Waals surface area contributed by atoms with Gasteiger partial charge in [-0.2, -0.15) is 0 Å². The lowest BCUT2D eigenvalue weighted by Gasteiger charge is -2.20. The van der Waals surface area contributed by atoms with Gasteiger partial charge < -0.3 is 14.7 Å². The standard InChI is InChI=1S/C18H21N3O5S/c1-3-9-21(10-8-15(22)23)17(25)14-11-27-18(19-14)20-16(24)12-4-6-13(26-2)7-5-12/h4-7,11H,3,8-10H2,1-2H3,(H,22,23)(H,19,20,24). The molecule has 27 heavy (non-hydrogen) atoms. The number of aliphatic carboxylic acids is 1. The van der Waals surface area contributed by atoms with Crippen LogP contribution >= 0.6 is 11.3 Å². The third kappa shape index (κ3) is 5.78. The van der Waals surface area contributed by atoms with Crippen LogP contribution in [0.25, 0.3) is 0 Å². The normalized spacial score (nSPS) is 10.3. The monoisotopic (exact) mass is 391 g/mol. The summed E-state index contributed by atoms with van der Waals surface area (Å²) in [5.74, 6) is -1.01. The van der Waals surface area contributed by atoms with E-state index >= 15 is 0 Å². The van der Waals surface area contributed by atoms with Gasteiger partial charge in [-0.15, -0.1) is 11.3 Å². The summed E-state index contributed by atoms with van der Waals surface area (Å²) in [6.07, 6.45) is 0.577. The van der Waals surface area contributed by atoms with E-state index in [1.54, 1.807) is 36.8 Å². The molecule has 0 saturated heterocycles. The van der Waals surface area contributed by atoms with Crippen molar-refractivity contribution in [3.05, 3.63) is 40.9 Å². The molecule has 9 heteroatoms. The molecule has 144 valence electrons. The highest BCUT2D eigenvalue weighted by molar-refractivity contribution is 7.14. The fourth-order valence-corrected chi connectivity index (χ4v) is 3.00. The van der Waals surface area contributed by atoms with Gasteiger partial charge in [0, 0.05) is 24.0 Å². The fourth-order valence-electron chi connectivity index (χ4n) is 2.32. The molecule has 0 aliphatic rings. The summed E-state index contributed by atoms with van der Waals surface area (Å²) in [4.78, 5) is 41.2. The van der Waals surface area contributed by atoms with Crippen LogP contribution in [0.4, 0.5) is 5.13 Å². The zero-order valence-corrected chi connectivity index (χ0v) is 15.9. The number of hydrogen-bond donors (Lipinski definition) is 2. The van der Waals surface area contributed by atoms with Crippen LogP contribution in [0.2, 0.25) is 0 Å². The largest absolute Gasteiger partial charge is 0.497 e. The number of carbonyl (C=O) groups excluding carboxylic acids is 2. The van der Waals surface area contributed by atoms with Crippen LogP contribution in [0.5, 0.6) is 5.75 Å². The van der Waals surface area contributed by atoms with Gasteiger partial charge >= 0.3 is 5.97 Å². The third-order valence-corrected chi connectivity index (χ3v) is 4.43. The predicted octanol–water partition coefficient (Wildman–Crippen LogP) is 2.73. The molecule has 2 amide bonds. The first-order valence-electron chi connectivity index (χ1n) is 8.36. The number of benzene rings is 1. The van der Waals surface area contributed by atoms with E-state index in [1.165, 1.54) is 4.90 Å². The summed E-state index contributed by atoms with van der Waals surface area (Å²) in [6.45, 7) is 2.47. The minimum atomic E-state index is -0.963. The van der Waals surface area contributed by atoms with E-state index in [4.69, 9.17) is 9.84 Å². The summed E-state index contributed by atoms with van der Waals surface area (Å²) in [7, 11) is 1.54. The molecule has 1 aromatic heterocycles. The van der Waals surface area contributed by atoms with Gasteiger partial charge in [0.05, 0.1) is 13.5 Å². The maximum atomic E-state index is 12.5. The molecule has 1 heterocycles. The lowest BCUT2D eigenvalue weighted by atomic mass is 10.2. The number of methoxy groups -OCH3 is 1. The molecular weight excluding hydrogens is 370 g/mol. The van der Waals surface area contributed by atoms with Crippen molar-refractivity contribution < 1.29 is 24.2 Å². The van der Waals surface area contributed by atoms with Crippen molar-refractivity contribution in [2.45, 2.75) is 19.8 Å². The lowest BCUT2D eigenvalue weighted by Crippen LogP contribution is -2.34. The van der Waals surface area contributed by atoms with E-state index in [1.807, 2.05) is 6.92 Å². The van der Waals surface area contributed by atoms with Gasteiger partial charge in [-0.05, 0) is 30.7 Å². The van der Waals surface area contributed by atoms with Crippen LogP contribution < -0.4 is 10.1 Å². The molecule has 0 bridgehead atoms. The highest BCUT2D eigenvalue weighted by Gasteiger charge is 2.19. The molecule has 8 nitrogen and oxygen atoms in total. The van der Waals surface area contributed by atoms with Gasteiger partial charge in [-0.3, -0.25) is 19.7 Å². The van der Waals surface area contributed by atoms with Gasteiger partial charge in [0.15, 0.2) is 5.13 Å². The van der Waals surface area contributed by atoms with Crippen molar-refractivity contribution in [3.8, 4) is 5.75 Å². The summed E-state index contributed by atoms with van der Waals surface area (Å²) in [5.41, 5.74) is 0.622. The van der Waals surface area contributed by atoms with Crippen LogP contribution in [-0.4, -0.2) is 53.0 Å². The van der Waals surface area contributed by atoms with Gasteiger partial charge in [0.2, 0.25) is 0 Å². The van der Waals surface area contributed by atoms with Crippen molar-refractivity contribution in [1.82, 2.24) is 9.88 Å². The molecule has 0 fully saturated rings. The van der Waals surface area contributed by atoms with Crippen molar-refractivity contribution in [1.29, 1.82) is 0 Å². The lowest BCUT2D eigenvalue weighted by molar-refractivity contribution is -0.137. The number of rotatable bonds is 9. The molecule has 1 aromatic carbocycles. The Hall–Kier alpha value is -2.94. The number of nitrogens with one attached hydrogen (secondary N) is 1. The molecule has 0 radical (unpaired) electrons. The number of aromatic nitrogens is 1. The average molecular weight is 391 g/mol. The Morgan fingerprint density at radius 3 is 2.52 bits per heavy atom. The zero-order valence-electron chi connectivity index (χ0n) is 15.1. The molecule has 0 aliphatic carbocycles. The zero-order chi connectivity index (χ0) is 19.8. The quantitative estimate of drug-likeness (QED) is 0.680. The van der Waals surface area contributed by atoms with E-state index in [0.29, 0.717) is 29.4 Å². The van der Waals surface area contributed by atoms with Crippen molar-refractivity contribution in [3.63, 3.8) is 0 Å². The summed E-state index contributed by atoms with van der Waals surface area (Å²) < 4.78 is 5.05. The second kappa shape index (κ2) is 9.67. The molecule has 0 aliphatic heterocycles. The van der Waals surface area contributed by atoms with Crippen LogP contribution in [0.15, 0.2) is 29.6 Å². The maximum absolute atomic E-state index is 12.5. The Morgan fingerprint density at radius 2 is 1.93 bits per heavy atom. The third-order valence-electron chi connectivity index (χ3n) is 3.67. The van der Waals surface area contributed by atoms with Crippen LogP contribution in [-0.2, 0) is 4.79 Å². The molecule has 2 rings (SSSR count). The first kappa shape index (κ1) is 20.4. The van der Waals surface area contributed by atoms with Crippen molar-refractivity contribution >= 4 is 34.3 Å². The molecule has 0 saturated carbocycles. The Bertz CT molecular complexity index is 804. The number of amides is 2. The second-order valence-electron chi connectivity index (χ2n) is 5.66. The van der Waals surface area contributed by atoms with E-state index in [0.717, 1.165) is 11.3 Å². The molecule has 0 spiro atoms. The molecular formula is C18H21N3O5S. The number of thiazole rings is 1. The predicted molar refractivity (Wildman–Crippen MR) is 102 cm³/mol. The Kier molecular flexibility index (Phi) is 7.30. The van der Waals surface area contributed by atoms with E-state index in [9.17, 15) is 14.4 Å². The van der Waals surface area contributed by atoms with Gasteiger partial charge in [-0.25, -0.2) is 4.98 Å². The number of ether oxygens (including phenoxy) is 1.